The minimum atomic E-state index is -0.463. The molecule has 3 heteroatoms. The van der Waals surface area contributed by atoms with E-state index < -0.39 is 6.10 Å². The molecule has 1 aromatic rings. The highest BCUT2D eigenvalue weighted by Crippen LogP contribution is 2.33. The maximum atomic E-state index is 10.9. The summed E-state index contributed by atoms with van der Waals surface area (Å²) in [5, 5.41) is 10.9. The molecule has 1 aromatic heterocycles. The number of allylic oxidation sites excluding steroid dienone is 1. The maximum absolute atomic E-state index is 10.9. The Hall–Kier alpha value is -1.45. The highest BCUT2D eigenvalue weighted by molar-refractivity contribution is 5.61. The van der Waals surface area contributed by atoms with Crippen molar-refractivity contribution in [1.29, 1.82) is 0 Å². The van der Waals surface area contributed by atoms with E-state index in [9.17, 15) is 5.11 Å². The molecule has 1 fully saturated rings. The van der Waals surface area contributed by atoms with Crippen LogP contribution in [0.5, 0.6) is 0 Å². The minimum absolute atomic E-state index is 0.123. The number of hydrogen-bond acceptors (Lipinski definition) is 3. The third-order valence-corrected chi connectivity index (χ3v) is 4.86. The summed E-state index contributed by atoms with van der Waals surface area (Å²) in [7, 11) is 0. The van der Waals surface area contributed by atoms with Crippen molar-refractivity contribution in [2.24, 2.45) is 0 Å². The van der Waals surface area contributed by atoms with Crippen molar-refractivity contribution in [2.45, 2.75) is 50.8 Å². The Kier molecular flexibility index (Phi) is 4.22. The monoisotopic (exact) mass is 284 g/mol. The average Bonchev–Trinajstić information content (AvgIpc) is 3.14. The van der Waals surface area contributed by atoms with Crippen molar-refractivity contribution < 1.29 is 5.11 Å². The highest BCUT2D eigenvalue weighted by atomic mass is 16.3. The number of nitrogens with zero attached hydrogens (tertiary/aromatic N) is 2. The fraction of sp³-hybridized carbons (Fsp3) is 0.500. The lowest BCUT2D eigenvalue weighted by Gasteiger charge is -2.34. The van der Waals surface area contributed by atoms with Gasteiger partial charge in [0, 0.05) is 30.3 Å². The van der Waals surface area contributed by atoms with Gasteiger partial charge in [0.1, 0.15) is 0 Å². The molecule has 2 aliphatic rings. The Morgan fingerprint density at radius 2 is 2.43 bits per heavy atom. The molecule has 0 spiro atoms. The topological polar surface area (TPSA) is 36.4 Å². The van der Waals surface area contributed by atoms with Crippen LogP contribution < -0.4 is 0 Å². The second-order valence-electron chi connectivity index (χ2n) is 6.11. The molecular weight excluding hydrogens is 260 g/mol. The van der Waals surface area contributed by atoms with E-state index in [1.807, 2.05) is 18.3 Å². The molecule has 3 nitrogen and oxygen atoms in total. The predicted octanol–water partition coefficient (Wildman–Crippen LogP) is 3.11. The average molecular weight is 284 g/mol. The molecule has 2 heterocycles. The molecule has 1 saturated heterocycles. The van der Waals surface area contributed by atoms with E-state index in [1.165, 1.54) is 12.8 Å². The molecule has 1 aliphatic carbocycles. The summed E-state index contributed by atoms with van der Waals surface area (Å²) < 4.78 is 0. The number of aliphatic hydroxyl groups excluding tert-OH is 1. The Morgan fingerprint density at radius 3 is 3.24 bits per heavy atom. The molecule has 1 aliphatic heterocycles. The molecule has 21 heavy (non-hydrogen) atoms. The number of hydrogen-bond donors (Lipinski definition) is 1. The summed E-state index contributed by atoms with van der Waals surface area (Å²) >= 11 is 0. The molecule has 2 unspecified atom stereocenters. The molecule has 3 rings (SSSR count). The van der Waals surface area contributed by atoms with Crippen LogP contribution >= 0.6 is 0 Å². The molecule has 0 bridgehead atoms. The fourth-order valence-corrected chi connectivity index (χ4v) is 3.72. The van der Waals surface area contributed by atoms with Gasteiger partial charge in [-0.15, -0.1) is 6.58 Å². The van der Waals surface area contributed by atoms with Crippen molar-refractivity contribution in [3.8, 4) is 0 Å². The van der Waals surface area contributed by atoms with Crippen molar-refractivity contribution in [3.63, 3.8) is 0 Å². The predicted molar refractivity (Wildman–Crippen MR) is 85.9 cm³/mol. The molecule has 3 atom stereocenters. The van der Waals surface area contributed by atoms with Gasteiger partial charge in [0.2, 0.25) is 0 Å². The van der Waals surface area contributed by atoms with E-state index in [0.717, 1.165) is 36.2 Å². The number of likely N-dealkylation sites (tertiary alicyclic amines) is 1. The van der Waals surface area contributed by atoms with Crippen LogP contribution in [0.25, 0.3) is 6.08 Å². The molecule has 1 N–H and O–H groups in total. The first-order valence-corrected chi connectivity index (χ1v) is 7.91. The summed E-state index contributed by atoms with van der Waals surface area (Å²) in [4.78, 5) is 6.85. The first kappa shape index (κ1) is 14.5. The maximum Gasteiger partial charge on any atom is 0.0949 e. The first-order valence-electron chi connectivity index (χ1n) is 7.91. The number of fused-ring (bicyclic) bond motifs is 1. The van der Waals surface area contributed by atoms with Gasteiger partial charge in [-0.2, -0.15) is 0 Å². The quantitative estimate of drug-likeness (QED) is 0.844. The van der Waals surface area contributed by atoms with E-state index in [-0.39, 0.29) is 6.04 Å². The summed E-state index contributed by atoms with van der Waals surface area (Å²) in [5.74, 6) is 0. The van der Waals surface area contributed by atoms with Crippen molar-refractivity contribution in [1.82, 2.24) is 9.88 Å². The smallest absolute Gasteiger partial charge is 0.0949 e. The van der Waals surface area contributed by atoms with Gasteiger partial charge >= 0.3 is 0 Å². The normalized spacial score (nSPS) is 24.0. The van der Waals surface area contributed by atoms with Crippen molar-refractivity contribution in [2.75, 3.05) is 6.54 Å². The number of aliphatic hydroxyl groups is 1. The van der Waals surface area contributed by atoms with Gasteiger partial charge in [0.25, 0.3) is 0 Å². The van der Waals surface area contributed by atoms with Gasteiger partial charge in [-0.3, -0.25) is 9.88 Å². The van der Waals surface area contributed by atoms with Crippen LogP contribution in [0.1, 0.15) is 49.1 Å². The van der Waals surface area contributed by atoms with Crippen molar-refractivity contribution >= 4 is 6.08 Å². The lowest BCUT2D eigenvalue weighted by molar-refractivity contribution is 0.0509. The van der Waals surface area contributed by atoms with Gasteiger partial charge < -0.3 is 5.11 Å². The van der Waals surface area contributed by atoms with Crippen LogP contribution in [-0.2, 0) is 6.42 Å². The first-order chi connectivity index (χ1) is 10.2. The van der Waals surface area contributed by atoms with Gasteiger partial charge in [0.05, 0.1) is 11.8 Å². The van der Waals surface area contributed by atoms with Crippen LogP contribution in [0, 0.1) is 0 Å². The lowest BCUT2D eigenvalue weighted by Crippen LogP contribution is -2.41. The zero-order valence-corrected chi connectivity index (χ0v) is 12.7. The highest BCUT2D eigenvalue weighted by Gasteiger charge is 2.32. The summed E-state index contributed by atoms with van der Waals surface area (Å²) in [5.41, 5.74) is 3.23. The lowest BCUT2D eigenvalue weighted by atomic mass is 9.97. The van der Waals surface area contributed by atoms with Crippen LogP contribution in [-0.4, -0.2) is 33.6 Å². The minimum Gasteiger partial charge on any atom is -0.387 e. The third-order valence-electron chi connectivity index (χ3n) is 4.86. The molecule has 0 amide bonds. The second kappa shape index (κ2) is 6.12. The molecular formula is C18H24N2O. The number of aromatic nitrogens is 1. The zero-order valence-electron chi connectivity index (χ0n) is 12.7. The summed E-state index contributed by atoms with van der Waals surface area (Å²) in [6.07, 6.45) is 11.9. The SMILES string of the molecule is C=CCC1CCCN1[C@@H](C)C(O)c1ccnc2c1C=CC2. The number of rotatable bonds is 5. The van der Waals surface area contributed by atoms with E-state index in [0.29, 0.717) is 6.04 Å². The van der Waals surface area contributed by atoms with Crippen LogP contribution in [0.4, 0.5) is 0 Å². The summed E-state index contributed by atoms with van der Waals surface area (Å²) in [6.45, 7) is 7.07. The molecule has 0 saturated carbocycles. The van der Waals surface area contributed by atoms with Gasteiger partial charge in [-0.05, 0) is 44.4 Å². The van der Waals surface area contributed by atoms with E-state index >= 15 is 0 Å². The second-order valence-corrected chi connectivity index (χ2v) is 6.11. The van der Waals surface area contributed by atoms with Gasteiger partial charge in [-0.25, -0.2) is 0 Å². The van der Waals surface area contributed by atoms with Gasteiger partial charge in [-0.1, -0.05) is 18.2 Å². The number of pyridine rings is 1. The zero-order chi connectivity index (χ0) is 14.8. The fourth-order valence-electron chi connectivity index (χ4n) is 3.72. The third kappa shape index (κ3) is 2.68. The van der Waals surface area contributed by atoms with Crippen LogP contribution in [0.3, 0.4) is 0 Å². The van der Waals surface area contributed by atoms with E-state index in [2.05, 4.69) is 35.5 Å². The molecule has 112 valence electrons. The van der Waals surface area contributed by atoms with Crippen LogP contribution in [0.15, 0.2) is 31.0 Å². The summed E-state index contributed by atoms with van der Waals surface area (Å²) in [6, 6.07) is 2.62. The van der Waals surface area contributed by atoms with E-state index in [1.54, 1.807) is 0 Å². The Bertz CT molecular complexity index is 552. The molecule has 0 radical (unpaired) electrons. The van der Waals surface area contributed by atoms with Crippen LogP contribution in [0.2, 0.25) is 0 Å². The van der Waals surface area contributed by atoms with E-state index in [4.69, 9.17) is 0 Å². The Labute approximate surface area is 127 Å². The van der Waals surface area contributed by atoms with Crippen molar-refractivity contribution in [3.05, 3.63) is 47.8 Å². The largest absolute Gasteiger partial charge is 0.387 e. The Morgan fingerprint density at radius 1 is 1.57 bits per heavy atom. The van der Waals surface area contributed by atoms with Gasteiger partial charge in [0.15, 0.2) is 0 Å². The Balaban J connectivity index is 1.81. The standard InChI is InChI=1S/C18H24N2O/c1-3-6-14-7-5-12-20(14)13(2)18(21)16-10-11-19-17-9-4-8-15(16)17/h3-4,8,10-11,13-14,18,21H,1,5-7,9,12H2,2H3/t13-,14?,18?/m0/s1. The molecule has 0 aromatic carbocycles.